The van der Waals surface area contributed by atoms with Gasteiger partial charge in [-0.3, -0.25) is 0 Å². The fourth-order valence-corrected chi connectivity index (χ4v) is 17.5. The Morgan fingerprint density at radius 2 is 1.31 bits per heavy atom. The molecule has 0 fully saturated rings. The second kappa shape index (κ2) is 6.72. The van der Waals surface area contributed by atoms with Crippen molar-refractivity contribution in [2.45, 2.75) is 13.8 Å². The maximum Gasteiger partial charge on any atom is 0.176 e. The molecule has 9 heteroatoms. The number of hydrogen-bond acceptors (Lipinski definition) is 5. The molecule has 0 saturated carbocycles. The molecule has 80 valence electrons. The van der Waals surface area contributed by atoms with Crippen molar-refractivity contribution in [3.63, 3.8) is 0 Å². The summed E-state index contributed by atoms with van der Waals surface area (Å²) in [6.45, 7) is 3.43. The van der Waals surface area contributed by atoms with Crippen LogP contribution in [0.15, 0.2) is 0 Å². The van der Waals surface area contributed by atoms with E-state index in [1.165, 1.54) is 0 Å². The highest BCUT2D eigenvalue weighted by molar-refractivity contribution is 9.31. The Bertz CT molecular complexity index is 221. The minimum Gasteiger partial charge on any atom is -0.205 e. The van der Waals surface area contributed by atoms with Crippen LogP contribution in [0.5, 0.6) is 0 Å². The van der Waals surface area contributed by atoms with Crippen LogP contribution >= 0.6 is 41.8 Å². The molecule has 0 aliphatic heterocycles. The molecular weight excluding hydrogens is 308 g/mol. The quantitative estimate of drug-likeness (QED) is 0.459. The summed E-state index contributed by atoms with van der Waals surface area (Å²) in [6.07, 6.45) is 0.698. The Labute approximate surface area is 99.3 Å². The average molecular weight is 318 g/mol. The molecule has 0 aromatic carbocycles. The summed E-state index contributed by atoms with van der Waals surface area (Å²) >= 11 is 9.40. The van der Waals surface area contributed by atoms with Crippen molar-refractivity contribution in [2.24, 2.45) is 0 Å². The second-order valence-electron chi connectivity index (χ2n) is 2.03. The highest BCUT2D eigenvalue weighted by Gasteiger charge is 2.19. The lowest BCUT2D eigenvalue weighted by atomic mass is 11.0. The monoisotopic (exact) mass is 318 g/mol. The highest BCUT2D eigenvalue weighted by Crippen LogP contribution is 2.75. The summed E-state index contributed by atoms with van der Waals surface area (Å²) < 4.78 is 26.4. The Balaban J connectivity index is 3.81. The van der Waals surface area contributed by atoms with Crippen molar-refractivity contribution in [3.8, 4) is 0 Å². The van der Waals surface area contributed by atoms with Gasteiger partial charge in [0.05, 0.1) is 0 Å². The van der Waals surface area contributed by atoms with E-state index in [1.807, 2.05) is 0 Å². The number of rotatable bonds is 6. The van der Waals surface area contributed by atoms with Crippen molar-refractivity contribution >= 4 is 65.4 Å². The molecule has 0 aliphatic rings. The zero-order chi connectivity index (χ0) is 10.5. The average Bonchev–Trinajstić information content (AvgIpc) is 2.04. The van der Waals surface area contributed by atoms with Crippen LogP contribution in [0.3, 0.4) is 0 Å². The first-order valence-corrected chi connectivity index (χ1v) is 13.9. The van der Waals surface area contributed by atoms with Gasteiger partial charge in [-0.05, 0) is 54.3 Å². The Hall–Kier alpha value is 2.21. The van der Waals surface area contributed by atoms with Crippen LogP contribution < -0.4 is 0 Å². The van der Waals surface area contributed by atoms with Gasteiger partial charge in [0.1, 0.15) is 0 Å². The van der Waals surface area contributed by atoms with E-state index in [0.29, 0.717) is 12.3 Å². The molecule has 0 spiro atoms. The SMILES string of the molecule is CCP(F)(=S)SSSP(F)(=S)CC. The smallest absolute Gasteiger partial charge is 0.176 e. The molecule has 0 bridgehead atoms. The van der Waals surface area contributed by atoms with Gasteiger partial charge in [-0.2, -0.15) is 0 Å². The molecule has 0 saturated heterocycles. The third kappa shape index (κ3) is 8.06. The lowest BCUT2D eigenvalue weighted by molar-refractivity contribution is 0.906. The molecule has 0 aromatic rings. The van der Waals surface area contributed by atoms with Gasteiger partial charge in [0.25, 0.3) is 0 Å². The third-order valence-electron chi connectivity index (χ3n) is 1.04. The maximum atomic E-state index is 13.2. The fourth-order valence-electron chi connectivity index (χ4n) is 0.210. The van der Waals surface area contributed by atoms with E-state index in [0.717, 1.165) is 30.7 Å². The Morgan fingerprint density at radius 1 is 1.00 bits per heavy atom. The maximum absolute atomic E-state index is 13.2. The van der Waals surface area contributed by atoms with Crippen LogP contribution in [0.2, 0.25) is 0 Å². The largest absolute Gasteiger partial charge is 0.205 e. The summed E-state index contributed by atoms with van der Waals surface area (Å²) in [5.41, 5.74) is -5.55. The lowest BCUT2D eigenvalue weighted by Crippen LogP contribution is -1.68. The van der Waals surface area contributed by atoms with Crippen molar-refractivity contribution in [1.82, 2.24) is 0 Å². The minimum atomic E-state index is -2.77. The zero-order valence-corrected chi connectivity index (χ0v) is 13.0. The molecule has 0 rings (SSSR count). The van der Waals surface area contributed by atoms with E-state index in [4.69, 9.17) is 23.6 Å². The molecule has 0 N–H and O–H groups in total. The molecule has 0 heterocycles. The van der Waals surface area contributed by atoms with Gasteiger partial charge in [-0.1, -0.05) is 13.8 Å². The summed E-state index contributed by atoms with van der Waals surface area (Å²) in [7, 11) is 3.05. The number of halogens is 2. The molecule has 13 heavy (non-hydrogen) atoms. The molecule has 0 radical (unpaired) electrons. The van der Waals surface area contributed by atoms with Crippen molar-refractivity contribution in [1.29, 1.82) is 0 Å². The summed E-state index contributed by atoms with van der Waals surface area (Å²) in [4.78, 5) is 0. The first-order valence-electron chi connectivity index (χ1n) is 3.45. The standard InChI is InChI=1S/C4H10F2P2S5/c1-3-7(5,9)11-13-12-8(6,10)4-2/h3-4H2,1-2H3. The van der Waals surface area contributed by atoms with Crippen LogP contribution in [0.25, 0.3) is 0 Å². The van der Waals surface area contributed by atoms with Gasteiger partial charge >= 0.3 is 0 Å². The summed E-state index contributed by atoms with van der Waals surface area (Å²) in [6, 6.07) is 0. The Morgan fingerprint density at radius 3 is 1.54 bits per heavy atom. The van der Waals surface area contributed by atoms with E-state index < -0.39 is 11.1 Å². The van der Waals surface area contributed by atoms with E-state index in [-0.39, 0.29) is 0 Å². The normalized spacial score (nSPS) is 20.6. The molecule has 0 aromatic heterocycles. The van der Waals surface area contributed by atoms with Gasteiger partial charge in [-0.15, -0.1) is 0 Å². The Kier molecular flexibility index (Phi) is 7.86. The first kappa shape index (κ1) is 15.2. The van der Waals surface area contributed by atoms with Crippen molar-refractivity contribution in [2.75, 3.05) is 12.3 Å². The summed E-state index contributed by atoms with van der Waals surface area (Å²) in [5.74, 6) is 0. The molecule has 0 nitrogen and oxygen atoms in total. The fraction of sp³-hybridized carbons (Fsp3) is 1.00. The van der Waals surface area contributed by atoms with Crippen LogP contribution in [0.1, 0.15) is 13.8 Å². The van der Waals surface area contributed by atoms with Crippen molar-refractivity contribution < 1.29 is 8.39 Å². The summed E-state index contributed by atoms with van der Waals surface area (Å²) in [5, 5.41) is 0. The van der Waals surface area contributed by atoms with Crippen LogP contribution in [-0.2, 0) is 23.6 Å². The van der Waals surface area contributed by atoms with Crippen molar-refractivity contribution in [3.05, 3.63) is 0 Å². The van der Waals surface area contributed by atoms with Gasteiger partial charge in [-0.25, -0.2) is 8.39 Å². The van der Waals surface area contributed by atoms with Crippen LogP contribution in [0, 0.1) is 0 Å². The lowest BCUT2D eigenvalue weighted by Gasteiger charge is -2.10. The van der Waals surface area contributed by atoms with Gasteiger partial charge in [0.2, 0.25) is 0 Å². The van der Waals surface area contributed by atoms with E-state index >= 15 is 0 Å². The number of hydrogen-bond donors (Lipinski definition) is 0. The predicted molar refractivity (Wildman–Crippen MR) is 74.6 cm³/mol. The topological polar surface area (TPSA) is 0 Å². The van der Waals surface area contributed by atoms with E-state index in [2.05, 4.69) is 0 Å². The molecule has 0 amide bonds. The van der Waals surface area contributed by atoms with E-state index in [1.54, 1.807) is 13.8 Å². The van der Waals surface area contributed by atoms with Crippen LogP contribution in [0.4, 0.5) is 8.39 Å². The second-order valence-corrected chi connectivity index (χ2v) is 19.6. The molecular formula is C4H10F2P2S5. The molecule has 2 atom stereocenters. The van der Waals surface area contributed by atoms with Gasteiger partial charge in [0, 0.05) is 12.3 Å². The third-order valence-corrected chi connectivity index (χ3v) is 19.6. The van der Waals surface area contributed by atoms with Gasteiger partial charge < -0.3 is 0 Å². The first-order chi connectivity index (χ1) is 5.83. The van der Waals surface area contributed by atoms with E-state index in [9.17, 15) is 8.39 Å². The van der Waals surface area contributed by atoms with Crippen LogP contribution in [-0.4, -0.2) is 12.3 Å². The predicted octanol–water partition coefficient (Wildman–Crippen LogP) is 5.61. The highest BCUT2D eigenvalue weighted by atomic mass is 33.7. The van der Waals surface area contributed by atoms with Gasteiger partial charge in [0.15, 0.2) is 11.1 Å². The minimum absolute atomic E-state index is 0.349. The molecule has 0 aliphatic carbocycles. The molecule has 2 unspecified atom stereocenters. The zero-order valence-electron chi connectivity index (χ0n) is 7.11.